The predicted octanol–water partition coefficient (Wildman–Crippen LogP) is 5.40. The fraction of sp³-hybridized carbons (Fsp3) is 0.200. The number of carbonyl (C=O) groups is 1. The predicted molar refractivity (Wildman–Crippen MR) is 126 cm³/mol. The van der Waals surface area contributed by atoms with Crippen LogP contribution >= 0.6 is 0 Å². The number of alkyl halides is 3. The third-order valence-corrected chi connectivity index (χ3v) is 4.94. The lowest BCUT2D eigenvalue weighted by atomic mass is 10.2. The SMILES string of the molecule is CCOc1cc(OCC)cc(C(=O)Nc2ccc(-n3nc(-c4cccnc4)cc3C(F)(F)F)nc2)c1. The summed E-state index contributed by atoms with van der Waals surface area (Å²) in [4.78, 5) is 20.8. The Hall–Kier alpha value is -4.41. The maximum absolute atomic E-state index is 13.7. The Labute approximate surface area is 204 Å². The molecule has 0 saturated heterocycles. The van der Waals surface area contributed by atoms with Crippen molar-refractivity contribution >= 4 is 11.6 Å². The number of rotatable bonds is 8. The van der Waals surface area contributed by atoms with Crippen LogP contribution in [0.25, 0.3) is 17.1 Å². The van der Waals surface area contributed by atoms with E-state index in [-0.39, 0.29) is 17.2 Å². The van der Waals surface area contributed by atoms with Gasteiger partial charge >= 0.3 is 6.18 Å². The highest BCUT2D eigenvalue weighted by atomic mass is 19.4. The topological polar surface area (TPSA) is 91.2 Å². The molecule has 0 spiro atoms. The molecule has 3 aromatic heterocycles. The average Bonchev–Trinajstić information content (AvgIpc) is 3.32. The molecule has 11 heteroatoms. The van der Waals surface area contributed by atoms with E-state index < -0.39 is 17.8 Å². The van der Waals surface area contributed by atoms with Gasteiger partial charge in [-0.25, -0.2) is 9.67 Å². The number of nitrogens with one attached hydrogen (secondary N) is 1. The highest BCUT2D eigenvalue weighted by Crippen LogP contribution is 2.33. The molecule has 0 atom stereocenters. The first-order chi connectivity index (χ1) is 17.3. The van der Waals surface area contributed by atoms with Gasteiger partial charge in [0, 0.05) is 29.6 Å². The monoisotopic (exact) mass is 497 g/mol. The summed E-state index contributed by atoms with van der Waals surface area (Å²) in [5.41, 5.74) is 0.139. The maximum atomic E-state index is 13.7. The summed E-state index contributed by atoms with van der Waals surface area (Å²) in [5, 5.41) is 6.77. The minimum atomic E-state index is -4.66. The Kier molecular flexibility index (Phi) is 7.18. The number of halogens is 3. The van der Waals surface area contributed by atoms with Gasteiger partial charge in [-0.2, -0.15) is 18.3 Å². The van der Waals surface area contributed by atoms with Crippen LogP contribution in [0.3, 0.4) is 0 Å². The van der Waals surface area contributed by atoms with E-state index >= 15 is 0 Å². The molecule has 0 bridgehead atoms. The van der Waals surface area contributed by atoms with E-state index in [1.54, 1.807) is 30.3 Å². The van der Waals surface area contributed by atoms with Crippen LogP contribution in [0.4, 0.5) is 18.9 Å². The first-order valence-corrected chi connectivity index (χ1v) is 11.0. The van der Waals surface area contributed by atoms with Crippen LogP contribution in [-0.4, -0.2) is 38.9 Å². The fourth-order valence-corrected chi connectivity index (χ4v) is 3.40. The summed E-state index contributed by atoms with van der Waals surface area (Å²) in [6.45, 7) is 4.48. The number of hydrogen-bond acceptors (Lipinski definition) is 6. The number of nitrogens with zero attached hydrogens (tertiary/aromatic N) is 4. The zero-order valence-corrected chi connectivity index (χ0v) is 19.4. The molecule has 0 aliphatic heterocycles. The molecule has 186 valence electrons. The second-order valence-electron chi connectivity index (χ2n) is 7.48. The molecule has 1 N–H and O–H groups in total. The number of pyridine rings is 2. The van der Waals surface area contributed by atoms with Crippen LogP contribution < -0.4 is 14.8 Å². The van der Waals surface area contributed by atoms with Crippen LogP contribution in [0.15, 0.2) is 67.1 Å². The smallest absolute Gasteiger partial charge is 0.433 e. The van der Waals surface area contributed by atoms with Crippen LogP contribution in [0, 0.1) is 0 Å². The molecule has 3 heterocycles. The van der Waals surface area contributed by atoms with Gasteiger partial charge in [-0.1, -0.05) is 0 Å². The minimum Gasteiger partial charge on any atom is -0.494 e. The molecular formula is C25H22F3N5O3. The van der Waals surface area contributed by atoms with Crippen LogP contribution in [0.2, 0.25) is 0 Å². The van der Waals surface area contributed by atoms with Gasteiger partial charge in [0.2, 0.25) is 0 Å². The molecule has 0 unspecified atom stereocenters. The fourth-order valence-electron chi connectivity index (χ4n) is 3.40. The van der Waals surface area contributed by atoms with E-state index in [0.717, 1.165) is 6.07 Å². The van der Waals surface area contributed by atoms with E-state index in [4.69, 9.17) is 9.47 Å². The molecule has 0 saturated carbocycles. The molecule has 0 radical (unpaired) electrons. The highest BCUT2D eigenvalue weighted by molar-refractivity contribution is 6.04. The van der Waals surface area contributed by atoms with Crippen molar-refractivity contribution in [3.63, 3.8) is 0 Å². The van der Waals surface area contributed by atoms with Gasteiger partial charge in [-0.05, 0) is 56.3 Å². The van der Waals surface area contributed by atoms with Crippen LogP contribution in [-0.2, 0) is 6.18 Å². The van der Waals surface area contributed by atoms with Gasteiger partial charge in [0.1, 0.15) is 11.5 Å². The molecular weight excluding hydrogens is 475 g/mol. The number of ether oxygens (including phenoxy) is 2. The molecule has 4 rings (SSSR count). The van der Waals surface area contributed by atoms with Crippen molar-refractivity contribution < 1.29 is 27.4 Å². The van der Waals surface area contributed by atoms with E-state index in [0.29, 0.717) is 40.5 Å². The Bertz CT molecular complexity index is 1320. The van der Waals surface area contributed by atoms with Gasteiger partial charge in [0.05, 0.1) is 30.8 Å². The summed E-state index contributed by atoms with van der Waals surface area (Å²) >= 11 is 0. The van der Waals surface area contributed by atoms with E-state index in [1.165, 1.54) is 30.7 Å². The molecule has 36 heavy (non-hydrogen) atoms. The Balaban J connectivity index is 1.59. The molecule has 1 amide bonds. The van der Waals surface area contributed by atoms with E-state index in [1.807, 2.05) is 13.8 Å². The standard InChI is InChI=1S/C25H22F3N5O3/c1-3-35-19-10-17(11-20(12-19)36-4-2)24(34)31-18-7-8-23(30-15-18)33-22(25(26,27)28)13-21(32-33)16-6-5-9-29-14-16/h5-15H,3-4H2,1-2H3,(H,31,34). The lowest BCUT2D eigenvalue weighted by molar-refractivity contribution is -0.142. The Morgan fingerprint density at radius 3 is 2.28 bits per heavy atom. The van der Waals surface area contributed by atoms with Gasteiger partial charge in [-0.3, -0.25) is 9.78 Å². The van der Waals surface area contributed by atoms with Crippen LogP contribution in [0.1, 0.15) is 29.9 Å². The minimum absolute atomic E-state index is 0.0626. The first kappa shape index (κ1) is 24.7. The van der Waals surface area contributed by atoms with Crippen LogP contribution in [0.5, 0.6) is 11.5 Å². The number of hydrogen-bond donors (Lipinski definition) is 1. The number of carbonyl (C=O) groups excluding carboxylic acids is 1. The second kappa shape index (κ2) is 10.5. The number of benzene rings is 1. The quantitative estimate of drug-likeness (QED) is 0.351. The van der Waals surface area contributed by atoms with Crippen molar-refractivity contribution in [1.29, 1.82) is 0 Å². The highest BCUT2D eigenvalue weighted by Gasteiger charge is 2.36. The molecule has 0 fully saturated rings. The zero-order chi connectivity index (χ0) is 25.7. The number of aromatic nitrogens is 4. The van der Waals surface area contributed by atoms with Gasteiger partial charge in [-0.15, -0.1) is 0 Å². The lowest BCUT2D eigenvalue weighted by Crippen LogP contribution is -2.15. The van der Waals surface area contributed by atoms with Crippen molar-refractivity contribution in [2.45, 2.75) is 20.0 Å². The average molecular weight is 497 g/mol. The van der Waals surface area contributed by atoms with Gasteiger partial charge in [0.15, 0.2) is 11.5 Å². The van der Waals surface area contributed by atoms with Crippen molar-refractivity contribution in [2.75, 3.05) is 18.5 Å². The third-order valence-electron chi connectivity index (χ3n) is 4.94. The summed E-state index contributed by atoms with van der Waals surface area (Å²) in [5.74, 6) is 0.433. The first-order valence-electron chi connectivity index (χ1n) is 11.0. The number of amides is 1. The van der Waals surface area contributed by atoms with Crippen molar-refractivity contribution in [3.05, 3.63) is 78.4 Å². The Morgan fingerprint density at radius 2 is 1.72 bits per heavy atom. The van der Waals surface area contributed by atoms with Gasteiger partial charge in [0.25, 0.3) is 5.91 Å². The molecule has 4 aromatic rings. The Morgan fingerprint density at radius 1 is 1.00 bits per heavy atom. The normalized spacial score (nSPS) is 11.2. The summed E-state index contributed by atoms with van der Waals surface area (Å²) in [6, 6.07) is 11.8. The summed E-state index contributed by atoms with van der Waals surface area (Å²) < 4.78 is 52.8. The van der Waals surface area contributed by atoms with Gasteiger partial charge < -0.3 is 14.8 Å². The second-order valence-corrected chi connectivity index (χ2v) is 7.48. The van der Waals surface area contributed by atoms with Crippen molar-refractivity contribution in [1.82, 2.24) is 19.7 Å². The summed E-state index contributed by atoms with van der Waals surface area (Å²) in [6.07, 6.45) is -0.457. The molecule has 8 nitrogen and oxygen atoms in total. The van der Waals surface area contributed by atoms with Crippen molar-refractivity contribution in [3.8, 4) is 28.6 Å². The number of anilines is 1. The van der Waals surface area contributed by atoms with Crippen molar-refractivity contribution in [2.24, 2.45) is 0 Å². The molecule has 0 aliphatic rings. The van der Waals surface area contributed by atoms with E-state index in [9.17, 15) is 18.0 Å². The third kappa shape index (κ3) is 5.62. The van der Waals surface area contributed by atoms with E-state index in [2.05, 4.69) is 20.4 Å². The largest absolute Gasteiger partial charge is 0.494 e. The lowest BCUT2D eigenvalue weighted by Gasteiger charge is -2.12. The summed E-state index contributed by atoms with van der Waals surface area (Å²) in [7, 11) is 0. The molecule has 0 aliphatic carbocycles. The maximum Gasteiger partial charge on any atom is 0.433 e. The molecule has 1 aromatic carbocycles. The zero-order valence-electron chi connectivity index (χ0n) is 19.4.